The molecule has 0 spiro atoms. The minimum Gasteiger partial charge on any atom is -0.486 e. The van der Waals surface area contributed by atoms with Crippen molar-refractivity contribution in [3.05, 3.63) is 47.5 Å². The number of nitrogens with one attached hydrogen (secondary N) is 1. The molecule has 134 valence electrons. The van der Waals surface area contributed by atoms with Gasteiger partial charge in [-0.05, 0) is 24.3 Å². The molecular weight excluding hydrogens is 356 g/mol. The third-order valence-corrected chi connectivity index (χ3v) is 4.77. The molecule has 2 amide bonds. The van der Waals surface area contributed by atoms with E-state index in [1.807, 2.05) is 6.07 Å². The lowest BCUT2D eigenvalue weighted by molar-refractivity contribution is -0.122. The Morgan fingerprint density at radius 3 is 2.69 bits per heavy atom. The summed E-state index contributed by atoms with van der Waals surface area (Å²) in [5, 5.41) is 3.35. The molecule has 0 bridgehead atoms. The number of halogens is 1. The molecule has 0 radical (unpaired) electrons. The Labute approximate surface area is 155 Å². The van der Waals surface area contributed by atoms with Crippen LogP contribution in [0.15, 0.2) is 42.5 Å². The minimum atomic E-state index is -0.438. The fourth-order valence-electron chi connectivity index (χ4n) is 3.15. The molecule has 6 nitrogen and oxygen atoms in total. The van der Waals surface area contributed by atoms with Crippen LogP contribution in [0.5, 0.6) is 11.5 Å². The predicted octanol–water partition coefficient (Wildman–Crippen LogP) is 3.10. The molecule has 2 aliphatic heterocycles. The largest absolute Gasteiger partial charge is 0.486 e. The fourth-order valence-corrected chi connectivity index (χ4v) is 3.39. The van der Waals surface area contributed by atoms with Crippen LogP contribution in [0.25, 0.3) is 0 Å². The zero-order chi connectivity index (χ0) is 18.1. The van der Waals surface area contributed by atoms with E-state index in [0.29, 0.717) is 47.7 Å². The number of nitrogens with zero attached hydrogens (tertiary/aromatic N) is 1. The van der Waals surface area contributed by atoms with Crippen LogP contribution in [-0.2, 0) is 9.59 Å². The van der Waals surface area contributed by atoms with Gasteiger partial charge >= 0.3 is 0 Å². The van der Waals surface area contributed by atoms with E-state index in [9.17, 15) is 9.59 Å². The number of anilines is 2. The first kappa shape index (κ1) is 16.7. The maximum atomic E-state index is 12.6. The van der Waals surface area contributed by atoms with Gasteiger partial charge in [0, 0.05) is 24.7 Å². The summed E-state index contributed by atoms with van der Waals surface area (Å²) >= 11 is 6.17. The molecule has 0 aliphatic carbocycles. The van der Waals surface area contributed by atoms with E-state index in [1.165, 1.54) is 0 Å². The predicted molar refractivity (Wildman–Crippen MR) is 98.0 cm³/mol. The molecule has 1 unspecified atom stereocenters. The summed E-state index contributed by atoms with van der Waals surface area (Å²) in [5.41, 5.74) is 1.25. The van der Waals surface area contributed by atoms with E-state index < -0.39 is 5.92 Å². The third-order valence-electron chi connectivity index (χ3n) is 4.45. The maximum absolute atomic E-state index is 12.6. The summed E-state index contributed by atoms with van der Waals surface area (Å²) in [6.45, 7) is 1.30. The molecule has 1 saturated heterocycles. The normalized spacial score (nSPS) is 18.7. The zero-order valence-electron chi connectivity index (χ0n) is 13.9. The maximum Gasteiger partial charge on any atom is 0.229 e. The summed E-state index contributed by atoms with van der Waals surface area (Å²) in [5.74, 6) is 0.515. The molecule has 4 rings (SSSR count). The first-order valence-electron chi connectivity index (χ1n) is 8.37. The zero-order valence-corrected chi connectivity index (χ0v) is 14.7. The minimum absolute atomic E-state index is 0.111. The summed E-state index contributed by atoms with van der Waals surface area (Å²) in [7, 11) is 0. The van der Waals surface area contributed by atoms with Gasteiger partial charge < -0.3 is 19.7 Å². The van der Waals surface area contributed by atoms with Crippen LogP contribution < -0.4 is 19.7 Å². The molecule has 0 aromatic heterocycles. The molecule has 2 aromatic carbocycles. The smallest absolute Gasteiger partial charge is 0.229 e. The van der Waals surface area contributed by atoms with Gasteiger partial charge in [0.2, 0.25) is 11.8 Å². The van der Waals surface area contributed by atoms with Crippen molar-refractivity contribution in [2.45, 2.75) is 6.42 Å². The highest BCUT2D eigenvalue weighted by Crippen LogP contribution is 2.34. The molecule has 7 heteroatoms. The van der Waals surface area contributed by atoms with Crippen molar-refractivity contribution in [3.8, 4) is 11.5 Å². The van der Waals surface area contributed by atoms with Crippen molar-refractivity contribution in [2.75, 3.05) is 30.0 Å². The summed E-state index contributed by atoms with van der Waals surface area (Å²) in [6, 6.07) is 12.4. The fraction of sp³-hybridized carbons (Fsp3) is 0.263. The topological polar surface area (TPSA) is 67.9 Å². The van der Waals surface area contributed by atoms with Crippen molar-refractivity contribution < 1.29 is 19.1 Å². The number of carbonyl (C=O) groups excluding carboxylic acids is 2. The number of hydrogen-bond donors (Lipinski definition) is 1. The lowest BCUT2D eigenvalue weighted by Gasteiger charge is -2.20. The van der Waals surface area contributed by atoms with Gasteiger partial charge in [-0.2, -0.15) is 0 Å². The number of hydrogen-bond acceptors (Lipinski definition) is 4. The molecular formula is C19H17ClN2O4. The Morgan fingerprint density at radius 1 is 1.12 bits per heavy atom. The third kappa shape index (κ3) is 3.20. The highest BCUT2D eigenvalue weighted by atomic mass is 35.5. The van der Waals surface area contributed by atoms with Crippen LogP contribution in [0.3, 0.4) is 0 Å². The highest BCUT2D eigenvalue weighted by molar-refractivity contribution is 6.33. The summed E-state index contributed by atoms with van der Waals surface area (Å²) in [4.78, 5) is 26.5. The van der Waals surface area contributed by atoms with Crippen LogP contribution in [0, 0.1) is 5.92 Å². The molecule has 1 fully saturated rings. The van der Waals surface area contributed by atoms with E-state index in [1.54, 1.807) is 41.3 Å². The summed E-state index contributed by atoms with van der Waals surface area (Å²) in [6.07, 6.45) is 0.154. The van der Waals surface area contributed by atoms with Crippen LogP contribution in [0.2, 0.25) is 5.02 Å². The van der Waals surface area contributed by atoms with Gasteiger partial charge in [0.05, 0.1) is 16.6 Å². The standard InChI is InChI=1S/C19H17ClN2O4/c20-14-3-1-2-4-15(14)22-11-12(9-18(22)23)19(24)21-13-5-6-16-17(10-13)26-8-7-25-16/h1-6,10,12H,7-9,11H2,(H,21,24). The second-order valence-corrected chi connectivity index (χ2v) is 6.61. The Kier molecular flexibility index (Phi) is 4.42. The Bertz CT molecular complexity index is 870. The number of amides is 2. The molecule has 2 aromatic rings. The first-order chi connectivity index (χ1) is 12.6. The van der Waals surface area contributed by atoms with E-state index in [4.69, 9.17) is 21.1 Å². The van der Waals surface area contributed by atoms with E-state index >= 15 is 0 Å². The average Bonchev–Trinajstić information content (AvgIpc) is 3.04. The van der Waals surface area contributed by atoms with Crippen molar-refractivity contribution in [1.29, 1.82) is 0 Å². The number of fused-ring (bicyclic) bond motifs is 1. The van der Waals surface area contributed by atoms with Gasteiger partial charge in [0.1, 0.15) is 13.2 Å². The van der Waals surface area contributed by atoms with Gasteiger partial charge in [0.15, 0.2) is 11.5 Å². The average molecular weight is 373 g/mol. The van der Waals surface area contributed by atoms with Gasteiger partial charge in [-0.1, -0.05) is 23.7 Å². The van der Waals surface area contributed by atoms with Gasteiger partial charge in [-0.3, -0.25) is 9.59 Å². The Morgan fingerprint density at radius 2 is 1.88 bits per heavy atom. The molecule has 1 N–H and O–H groups in total. The number of ether oxygens (including phenoxy) is 2. The van der Waals surface area contributed by atoms with Crippen molar-refractivity contribution in [2.24, 2.45) is 5.92 Å². The molecule has 26 heavy (non-hydrogen) atoms. The number of benzene rings is 2. The molecule has 1 atom stereocenters. The van der Waals surface area contributed by atoms with E-state index in [-0.39, 0.29) is 18.2 Å². The quantitative estimate of drug-likeness (QED) is 0.899. The van der Waals surface area contributed by atoms with Crippen LogP contribution >= 0.6 is 11.6 Å². The second kappa shape index (κ2) is 6.88. The van der Waals surface area contributed by atoms with Gasteiger partial charge in [-0.25, -0.2) is 0 Å². The SMILES string of the molecule is O=C(Nc1ccc2c(c1)OCCO2)C1CC(=O)N(c2ccccc2Cl)C1. The second-order valence-electron chi connectivity index (χ2n) is 6.20. The first-order valence-corrected chi connectivity index (χ1v) is 8.75. The van der Waals surface area contributed by atoms with Crippen molar-refractivity contribution >= 4 is 34.8 Å². The Hall–Kier alpha value is -2.73. The number of para-hydroxylation sites is 1. The van der Waals surface area contributed by atoms with Crippen LogP contribution in [-0.4, -0.2) is 31.6 Å². The number of rotatable bonds is 3. The van der Waals surface area contributed by atoms with Crippen LogP contribution in [0.1, 0.15) is 6.42 Å². The highest BCUT2D eigenvalue weighted by Gasteiger charge is 2.36. The van der Waals surface area contributed by atoms with Crippen molar-refractivity contribution in [3.63, 3.8) is 0 Å². The van der Waals surface area contributed by atoms with Gasteiger partial charge in [0.25, 0.3) is 0 Å². The lowest BCUT2D eigenvalue weighted by atomic mass is 10.1. The Balaban J connectivity index is 1.46. The van der Waals surface area contributed by atoms with Crippen LogP contribution in [0.4, 0.5) is 11.4 Å². The lowest BCUT2D eigenvalue weighted by Crippen LogP contribution is -2.28. The summed E-state index contributed by atoms with van der Waals surface area (Å²) < 4.78 is 11.0. The van der Waals surface area contributed by atoms with E-state index in [2.05, 4.69) is 5.32 Å². The number of carbonyl (C=O) groups is 2. The monoisotopic (exact) mass is 372 g/mol. The molecule has 2 heterocycles. The van der Waals surface area contributed by atoms with Gasteiger partial charge in [-0.15, -0.1) is 0 Å². The van der Waals surface area contributed by atoms with E-state index in [0.717, 1.165) is 0 Å². The molecule has 0 saturated carbocycles. The molecule has 2 aliphatic rings. The van der Waals surface area contributed by atoms with Crippen molar-refractivity contribution in [1.82, 2.24) is 0 Å².